The first-order valence-electron chi connectivity index (χ1n) is 9.19. The standard InChI is InChI=1S/C20H23F2N3O2/c1-14-4-9-19(26)25(23-14)13-20(27)24-10-2-3-15(12-24)5-6-16-7-8-17(21)11-18(16)22/h4,7-9,11,15H,2-3,5-6,10,12-13H2,1H3. The highest BCUT2D eigenvalue weighted by molar-refractivity contribution is 5.76. The van der Waals surface area contributed by atoms with Gasteiger partial charge in [-0.15, -0.1) is 0 Å². The average molecular weight is 375 g/mol. The van der Waals surface area contributed by atoms with Gasteiger partial charge in [0.1, 0.15) is 18.2 Å². The van der Waals surface area contributed by atoms with Gasteiger partial charge in [-0.1, -0.05) is 6.07 Å². The number of amides is 1. The van der Waals surface area contributed by atoms with Crippen molar-refractivity contribution in [1.29, 1.82) is 0 Å². The lowest BCUT2D eigenvalue weighted by Gasteiger charge is -2.33. The van der Waals surface area contributed by atoms with E-state index in [0.29, 0.717) is 30.8 Å². The van der Waals surface area contributed by atoms with Crippen LogP contribution < -0.4 is 5.56 Å². The zero-order chi connectivity index (χ0) is 19.4. The van der Waals surface area contributed by atoms with E-state index in [4.69, 9.17) is 0 Å². The molecule has 1 aromatic heterocycles. The third-order valence-corrected chi connectivity index (χ3v) is 4.99. The molecule has 3 rings (SSSR count). The lowest BCUT2D eigenvalue weighted by Crippen LogP contribution is -2.43. The molecule has 27 heavy (non-hydrogen) atoms. The van der Waals surface area contributed by atoms with Crippen LogP contribution in [0.2, 0.25) is 0 Å². The Kier molecular flexibility index (Phi) is 5.98. The molecule has 0 radical (unpaired) electrons. The first kappa shape index (κ1) is 19.2. The van der Waals surface area contributed by atoms with Gasteiger partial charge in [-0.3, -0.25) is 9.59 Å². The third kappa shape index (κ3) is 4.99. The summed E-state index contributed by atoms with van der Waals surface area (Å²) in [7, 11) is 0. The fraction of sp³-hybridized carbons (Fsp3) is 0.450. The summed E-state index contributed by atoms with van der Waals surface area (Å²) in [5.41, 5.74) is 0.880. The fourth-order valence-electron chi connectivity index (χ4n) is 3.50. The number of hydrogen-bond donors (Lipinski definition) is 0. The van der Waals surface area contributed by atoms with Crippen molar-refractivity contribution >= 4 is 5.91 Å². The van der Waals surface area contributed by atoms with E-state index in [1.807, 2.05) is 0 Å². The van der Waals surface area contributed by atoms with Gasteiger partial charge in [0.2, 0.25) is 5.91 Å². The number of hydrogen-bond acceptors (Lipinski definition) is 3. The predicted octanol–water partition coefficient (Wildman–Crippen LogP) is 2.70. The minimum absolute atomic E-state index is 0.0696. The Morgan fingerprint density at radius 2 is 2.07 bits per heavy atom. The van der Waals surface area contributed by atoms with Crippen LogP contribution in [0.15, 0.2) is 35.1 Å². The predicted molar refractivity (Wildman–Crippen MR) is 97.2 cm³/mol. The molecule has 0 bridgehead atoms. The van der Waals surface area contributed by atoms with Crippen LogP contribution in [-0.4, -0.2) is 33.7 Å². The second-order valence-corrected chi connectivity index (χ2v) is 7.09. The van der Waals surface area contributed by atoms with Crippen LogP contribution in [0, 0.1) is 24.5 Å². The molecule has 1 aliphatic heterocycles. The number of halogens is 2. The van der Waals surface area contributed by atoms with Crippen molar-refractivity contribution in [2.24, 2.45) is 5.92 Å². The summed E-state index contributed by atoms with van der Waals surface area (Å²) in [6, 6.07) is 6.67. The van der Waals surface area contributed by atoms with Gasteiger partial charge in [-0.25, -0.2) is 13.5 Å². The van der Waals surface area contributed by atoms with Crippen molar-refractivity contribution < 1.29 is 13.6 Å². The lowest BCUT2D eigenvalue weighted by atomic mass is 9.91. The second kappa shape index (κ2) is 8.41. The molecule has 0 spiro atoms. The summed E-state index contributed by atoms with van der Waals surface area (Å²) >= 11 is 0. The number of rotatable bonds is 5. The van der Waals surface area contributed by atoms with Crippen LogP contribution in [0.1, 0.15) is 30.5 Å². The number of aromatic nitrogens is 2. The number of likely N-dealkylation sites (tertiary alicyclic amines) is 1. The van der Waals surface area contributed by atoms with Gasteiger partial charge in [0.25, 0.3) is 5.56 Å². The summed E-state index contributed by atoms with van der Waals surface area (Å²) in [6.45, 7) is 2.94. The molecule has 7 heteroatoms. The quantitative estimate of drug-likeness (QED) is 0.807. The fourth-order valence-corrected chi connectivity index (χ4v) is 3.50. The Morgan fingerprint density at radius 3 is 2.85 bits per heavy atom. The first-order valence-corrected chi connectivity index (χ1v) is 9.19. The van der Waals surface area contributed by atoms with Crippen LogP contribution in [-0.2, 0) is 17.8 Å². The number of nitrogens with zero attached hydrogens (tertiary/aromatic N) is 3. The van der Waals surface area contributed by atoms with E-state index >= 15 is 0 Å². The normalized spacial score (nSPS) is 17.1. The Labute approximate surface area is 156 Å². The van der Waals surface area contributed by atoms with Crippen molar-refractivity contribution in [3.8, 4) is 0 Å². The zero-order valence-corrected chi connectivity index (χ0v) is 15.3. The maximum absolute atomic E-state index is 13.8. The van der Waals surface area contributed by atoms with E-state index in [1.54, 1.807) is 17.9 Å². The summed E-state index contributed by atoms with van der Waals surface area (Å²) in [4.78, 5) is 26.2. The molecular weight excluding hydrogens is 352 g/mol. The number of carbonyl (C=O) groups is 1. The van der Waals surface area contributed by atoms with E-state index in [-0.39, 0.29) is 23.9 Å². The molecule has 0 N–H and O–H groups in total. The van der Waals surface area contributed by atoms with Gasteiger partial charge < -0.3 is 4.90 Å². The molecule has 2 aromatic rings. The number of carbonyl (C=O) groups excluding carboxylic acids is 1. The molecule has 1 aliphatic rings. The molecule has 1 atom stereocenters. The molecule has 1 aromatic carbocycles. The van der Waals surface area contributed by atoms with Crippen LogP contribution >= 0.6 is 0 Å². The van der Waals surface area contributed by atoms with E-state index in [9.17, 15) is 18.4 Å². The topological polar surface area (TPSA) is 55.2 Å². The van der Waals surface area contributed by atoms with Crippen LogP contribution in [0.5, 0.6) is 0 Å². The van der Waals surface area contributed by atoms with Crippen molar-refractivity contribution in [1.82, 2.24) is 14.7 Å². The average Bonchev–Trinajstić information content (AvgIpc) is 2.64. The smallest absolute Gasteiger partial charge is 0.267 e. The highest BCUT2D eigenvalue weighted by atomic mass is 19.1. The van der Waals surface area contributed by atoms with Crippen LogP contribution in [0.4, 0.5) is 8.78 Å². The highest BCUT2D eigenvalue weighted by Gasteiger charge is 2.24. The molecule has 0 aliphatic carbocycles. The Hall–Kier alpha value is -2.57. The van der Waals surface area contributed by atoms with Crippen molar-refractivity contribution in [2.75, 3.05) is 13.1 Å². The maximum atomic E-state index is 13.8. The molecular formula is C20H23F2N3O2. The molecule has 1 amide bonds. The van der Waals surface area contributed by atoms with E-state index in [2.05, 4.69) is 5.10 Å². The van der Waals surface area contributed by atoms with Crippen molar-refractivity contribution in [3.05, 3.63) is 63.6 Å². The molecule has 0 saturated carbocycles. The summed E-state index contributed by atoms with van der Waals surface area (Å²) in [5.74, 6) is -0.975. The number of benzene rings is 1. The van der Waals surface area contributed by atoms with Gasteiger partial charge in [0.05, 0.1) is 5.69 Å². The van der Waals surface area contributed by atoms with Gasteiger partial charge in [-0.2, -0.15) is 5.10 Å². The first-order chi connectivity index (χ1) is 12.9. The third-order valence-electron chi connectivity index (χ3n) is 4.99. The van der Waals surface area contributed by atoms with E-state index in [1.165, 1.54) is 22.9 Å². The highest BCUT2D eigenvalue weighted by Crippen LogP contribution is 2.23. The van der Waals surface area contributed by atoms with Gasteiger partial charge in [-0.05, 0) is 56.2 Å². The monoisotopic (exact) mass is 375 g/mol. The molecule has 2 heterocycles. The molecule has 1 saturated heterocycles. The zero-order valence-electron chi connectivity index (χ0n) is 15.3. The number of aryl methyl sites for hydroxylation is 2. The lowest BCUT2D eigenvalue weighted by molar-refractivity contribution is -0.134. The second-order valence-electron chi connectivity index (χ2n) is 7.09. The minimum Gasteiger partial charge on any atom is -0.341 e. The molecule has 5 nitrogen and oxygen atoms in total. The largest absolute Gasteiger partial charge is 0.341 e. The SMILES string of the molecule is Cc1ccc(=O)n(CC(=O)N2CCCC(CCc3ccc(F)cc3F)C2)n1. The molecule has 1 fully saturated rings. The summed E-state index contributed by atoms with van der Waals surface area (Å²) < 4.78 is 28.0. The summed E-state index contributed by atoms with van der Waals surface area (Å²) in [6.07, 6.45) is 3.08. The van der Waals surface area contributed by atoms with Crippen LogP contribution in [0.3, 0.4) is 0 Å². The summed E-state index contributed by atoms with van der Waals surface area (Å²) in [5, 5.41) is 4.10. The van der Waals surface area contributed by atoms with Gasteiger partial charge >= 0.3 is 0 Å². The number of piperidine rings is 1. The van der Waals surface area contributed by atoms with Gasteiger partial charge in [0.15, 0.2) is 0 Å². The maximum Gasteiger partial charge on any atom is 0.267 e. The Balaban J connectivity index is 1.57. The van der Waals surface area contributed by atoms with Gasteiger partial charge in [0, 0.05) is 25.2 Å². The Morgan fingerprint density at radius 1 is 1.26 bits per heavy atom. The van der Waals surface area contributed by atoms with Crippen LogP contribution in [0.25, 0.3) is 0 Å². The van der Waals surface area contributed by atoms with E-state index < -0.39 is 11.6 Å². The van der Waals surface area contributed by atoms with E-state index in [0.717, 1.165) is 25.3 Å². The molecule has 1 unspecified atom stereocenters. The Bertz CT molecular complexity index is 882. The molecule has 144 valence electrons. The van der Waals surface area contributed by atoms with Crippen molar-refractivity contribution in [2.45, 2.75) is 39.2 Å². The minimum atomic E-state index is -0.578. The van der Waals surface area contributed by atoms with Crippen molar-refractivity contribution in [3.63, 3.8) is 0 Å².